The summed E-state index contributed by atoms with van der Waals surface area (Å²) < 4.78 is 6.75. The maximum atomic E-state index is 14.4. The number of nitrogens with zero attached hydrogens (tertiary/aromatic N) is 3. The Balaban J connectivity index is 1.85. The zero-order chi connectivity index (χ0) is 27.3. The standard InChI is InChI=1S/C28H36ClN3O5/c1-7-13-30(6)24(34)21-22-25(35)32(18(4)16-33)23(28(22)15-17(3)27(21,5)37-28)26(36)31(14-8-2)20-11-9-19(29)10-12-20/h7-12,17-18,21-23,33H,1-2,13-16H2,3-6H3/t17?,18-,21-,22+,23?,27+,28?/m1/s1. The van der Waals surface area contributed by atoms with Crippen molar-refractivity contribution in [3.05, 3.63) is 54.6 Å². The summed E-state index contributed by atoms with van der Waals surface area (Å²) in [5, 5.41) is 10.6. The lowest BCUT2D eigenvalue weighted by Gasteiger charge is -2.39. The minimum Gasteiger partial charge on any atom is -0.394 e. The number of halogens is 1. The van der Waals surface area contributed by atoms with Crippen molar-refractivity contribution >= 4 is 35.0 Å². The minimum absolute atomic E-state index is 0.0781. The lowest BCUT2D eigenvalue weighted by Crippen LogP contribution is -2.58. The minimum atomic E-state index is -1.20. The highest BCUT2D eigenvalue weighted by Crippen LogP contribution is 2.65. The van der Waals surface area contributed by atoms with Gasteiger partial charge in [-0.15, -0.1) is 13.2 Å². The van der Waals surface area contributed by atoms with E-state index < -0.39 is 35.1 Å². The Bertz CT molecular complexity index is 1110. The molecular weight excluding hydrogens is 494 g/mol. The summed E-state index contributed by atoms with van der Waals surface area (Å²) >= 11 is 6.08. The molecule has 7 atom stereocenters. The van der Waals surface area contributed by atoms with Crippen molar-refractivity contribution < 1.29 is 24.2 Å². The van der Waals surface area contributed by atoms with Gasteiger partial charge < -0.3 is 24.5 Å². The summed E-state index contributed by atoms with van der Waals surface area (Å²) in [6, 6.07) is 5.20. The van der Waals surface area contributed by atoms with E-state index in [1.807, 2.05) is 13.8 Å². The molecule has 37 heavy (non-hydrogen) atoms. The fourth-order valence-corrected chi connectivity index (χ4v) is 6.76. The number of aliphatic hydroxyl groups is 1. The predicted molar refractivity (Wildman–Crippen MR) is 142 cm³/mol. The highest BCUT2D eigenvalue weighted by molar-refractivity contribution is 6.30. The van der Waals surface area contributed by atoms with Crippen LogP contribution in [-0.4, -0.2) is 82.7 Å². The molecule has 3 aliphatic heterocycles. The average molecular weight is 530 g/mol. The smallest absolute Gasteiger partial charge is 0.253 e. The van der Waals surface area contributed by atoms with Gasteiger partial charge in [0.2, 0.25) is 11.8 Å². The molecule has 0 aromatic heterocycles. The first-order chi connectivity index (χ1) is 17.5. The van der Waals surface area contributed by atoms with E-state index in [9.17, 15) is 19.5 Å². The summed E-state index contributed by atoms with van der Waals surface area (Å²) in [5.41, 5.74) is -1.51. The van der Waals surface area contributed by atoms with Crippen LogP contribution in [0, 0.1) is 17.8 Å². The zero-order valence-corrected chi connectivity index (χ0v) is 22.6. The number of hydrogen-bond donors (Lipinski definition) is 1. The topological polar surface area (TPSA) is 90.4 Å². The number of benzene rings is 1. The lowest BCUT2D eigenvalue weighted by atomic mass is 9.62. The van der Waals surface area contributed by atoms with E-state index in [4.69, 9.17) is 16.3 Å². The van der Waals surface area contributed by atoms with Crippen LogP contribution >= 0.6 is 11.6 Å². The highest BCUT2D eigenvalue weighted by Gasteiger charge is 2.80. The molecule has 9 heteroatoms. The number of rotatable bonds is 9. The molecule has 1 aromatic rings. The van der Waals surface area contributed by atoms with Crippen LogP contribution in [0.5, 0.6) is 0 Å². The third-order valence-electron chi connectivity index (χ3n) is 8.49. The number of amides is 3. The third-order valence-corrected chi connectivity index (χ3v) is 8.74. The first-order valence-corrected chi connectivity index (χ1v) is 13.0. The Labute approximate surface area is 223 Å². The predicted octanol–water partition coefficient (Wildman–Crippen LogP) is 2.89. The summed E-state index contributed by atoms with van der Waals surface area (Å²) in [4.78, 5) is 46.8. The normalized spacial score (nSPS) is 32.7. The molecule has 4 rings (SSSR count). The Hall–Kier alpha value is -2.68. The van der Waals surface area contributed by atoms with Crippen molar-refractivity contribution in [3.63, 3.8) is 0 Å². The van der Waals surface area contributed by atoms with Gasteiger partial charge in [-0.3, -0.25) is 14.4 Å². The molecule has 1 aromatic carbocycles. The van der Waals surface area contributed by atoms with E-state index in [1.54, 1.807) is 60.2 Å². The number of likely N-dealkylation sites (N-methyl/N-ethyl adjacent to an activating group) is 1. The molecule has 0 aliphatic carbocycles. The number of hydrogen-bond acceptors (Lipinski definition) is 5. The van der Waals surface area contributed by atoms with Gasteiger partial charge in [-0.25, -0.2) is 0 Å². The van der Waals surface area contributed by atoms with Crippen LogP contribution in [0.25, 0.3) is 0 Å². The van der Waals surface area contributed by atoms with Crippen LogP contribution in [0.4, 0.5) is 5.69 Å². The van der Waals surface area contributed by atoms with Crippen LogP contribution < -0.4 is 4.90 Å². The Morgan fingerprint density at radius 1 is 1.24 bits per heavy atom. The molecule has 0 saturated carbocycles. The molecule has 3 fully saturated rings. The van der Waals surface area contributed by atoms with E-state index >= 15 is 0 Å². The molecule has 1 spiro atoms. The van der Waals surface area contributed by atoms with E-state index in [0.29, 0.717) is 23.7 Å². The quantitative estimate of drug-likeness (QED) is 0.497. The molecule has 1 N–H and O–H groups in total. The zero-order valence-electron chi connectivity index (χ0n) is 21.9. The van der Waals surface area contributed by atoms with Gasteiger partial charge in [-0.2, -0.15) is 0 Å². The molecule has 3 unspecified atom stereocenters. The molecule has 200 valence electrons. The maximum Gasteiger partial charge on any atom is 0.253 e. The van der Waals surface area contributed by atoms with E-state index in [1.165, 1.54) is 4.90 Å². The number of carbonyl (C=O) groups is 3. The molecule has 2 bridgehead atoms. The van der Waals surface area contributed by atoms with Crippen LogP contribution in [0.2, 0.25) is 5.02 Å². The summed E-state index contributed by atoms with van der Waals surface area (Å²) in [6.45, 7) is 13.3. The van der Waals surface area contributed by atoms with Crippen molar-refractivity contribution in [1.82, 2.24) is 9.80 Å². The number of ether oxygens (including phenoxy) is 1. The Morgan fingerprint density at radius 3 is 2.43 bits per heavy atom. The number of likely N-dealkylation sites (tertiary alicyclic amines) is 1. The SMILES string of the molecule is C=CCN(C)C(=O)[C@H]1[C@H]2C(=O)N([C@H](C)CO)C(C(=O)N(CC=C)c3ccc(Cl)cc3)C23CC(C)[C@]1(C)O3. The fourth-order valence-electron chi connectivity index (χ4n) is 6.64. The Morgan fingerprint density at radius 2 is 1.86 bits per heavy atom. The number of anilines is 1. The second-order valence-corrected chi connectivity index (χ2v) is 11.1. The monoisotopic (exact) mass is 529 g/mol. The summed E-state index contributed by atoms with van der Waals surface area (Å²) in [6.07, 6.45) is 3.70. The van der Waals surface area contributed by atoms with Gasteiger partial charge in [-0.1, -0.05) is 30.7 Å². The van der Waals surface area contributed by atoms with Crippen LogP contribution in [-0.2, 0) is 19.1 Å². The highest BCUT2D eigenvalue weighted by atomic mass is 35.5. The van der Waals surface area contributed by atoms with Gasteiger partial charge in [0.15, 0.2) is 0 Å². The first kappa shape index (κ1) is 27.4. The third kappa shape index (κ3) is 4.01. The molecule has 3 amide bonds. The van der Waals surface area contributed by atoms with E-state index in [-0.39, 0.29) is 36.8 Å². The van der Waals surface area contributed by atoms with Crippen molar-refractivity contribution in [2.45, 2.75) is 50.5 Å². The largest absolute Gasteiger partial charge is 0.394 e. The number of fused-ring (bicyclic) bond motifs is 1. The molecule has 3 heterocycles. The molecule has 0 radical (unpaired) electrons. The van der Waals surface area contributed by atoms with Gasteiger partial charge in [0.1, 0.15) is 11.6 Å². The van der Waals surface area contributed by atoms with Crippen LogP contribution in [0.15, 0.2) is 49.6 Å². The van der Waals surface area contributed by atoms with Crippen molar-refractivity contribution in [2.24, 2.45) is 17.8 Å². The second-order valence-electron chi connectivity index (χ2n) is 10.7. The molecular formula is C28H36ClN3O5. The van der Waals surface area contributed by atoms with Gasteiger partial charge in [0.05, 0.1) is 30.1 Å². The average Bonchev–Trinajstić information content (AvgIpc) is 3.38. The van der Waals surface area contributed by atoms with Crippen LogP contribution in [0.1, 0.15) is 27.2 Å². The molecule has 3 aliphatic rings. The van der Waals surface area contributed by atoms with Crippen molar-refractivity contribution in [3.8, 4) is 0 Å². The number of aliphatic hydroxyl groups excluding tert-OH is 1. The van der Waals surface area contributed by atoms with Gasteiger partial charge >= 0.3 is 0 Å². The fraction of sp³-hybridized carbons (Fsp3) is 0.536. The van der Waals surface area contributed by atoms with Crippen molar-refractivity contribution in [1.29, 1.82) is 0 Å². The second kappa shape index (κ2) is 9.89. The number of carbonyl (C=O) groups excluding carboxylic acids is 3. The van der Waals surface area contributed by atoms with Gasteiger partial charge in [0.25, 0.3) is 5.91 Å². The van der Waals surface area contributed by atoms with E-state index in [2.05, 4.69) is 13.2 Å². The van der Waals surface area contributed by atoms with Gasteiger partial charge in [0, 0.05) is 30.8 Å². The summed E-state index contributed by atoms with van der Waals surface area (Å²) in [5.74, 6) is -2.57. The van der Waals surface area contributed by atoms with Gasteiger partial charge in [-0.05, 0) is 50.5 Å². The summed E-state index contributed by atoms with van der Waals surface area (Å²) in [7, 11) is 1.68. The molecule has 3 saturated heterocycles. The van der Waals surface area contributed by atoms with Crippen LogP contribution in [0.3, 0.4) is 0 Å². The maximum absolute atomic E-state index is 14.4. The van der Waals surface area contributed by atoms with E-state index in [0.717, 1.165) is 0 Å². The van der Waals surface area contributed by atoms with Crippen molar-refractivity contribution in [2.75, 3.05) is 31.6 Å². The molecule has 8 nitrogen and oxygen atoms in total. The Kier molecular flexibility index (Phi) is 7.31. The first-order valence-electron chi connectivity index (χ1n) is 12.6. The lowest BCUT2D eigenvalue weighted by molar-refractivity contribution is -0.152.